The number of nitrogens with zero attached hydrogens (tertiary/aromatic N) is 1. The monoisotopic (exact) mass is 241 g/mol. The van der Waals surface area contributed by atoms with Crippen molar-refractivity contribution in [1.82, 2.24) is 4.90 Å². The van der Waals surface area contributed by atoms with Gasteiger partial charge in [-0.25, -0.2) is 0 Å². The topological polar surface area (TPSA) is 54.5 Å². The van der Waals surface area contributed by atoms with Crippen molar-refractivity contribution in [3.8, 4) is 0 Å². The fourth-order valence-electron chi connectivity index (χ4n) is 2.24. The van der Waals surface area contributed by atoms with Gasteiger partial charge in [0.05, 0.1) is 24.3 Å². The number of hydrogen-bond acceptors (Lipinski definition) is 3. The number of carbonyl (C=O) groups excluding carboxylic acids is 3. The van der Waals surface area contributed by atoms with Crippen molar-refractivity contribution in [3.63, 3.8) is 0 Å². The maximum absolute atomic E-state index is 11.9. The van der Waals surface area contributed by atoms with Crippen molar-refractivity contribution >= 4 is 29.2 Å². The molecule has 1 aliphatic heterocycles. The van der Waals surface area contributed by atoms with E-state index in [-0.39, 0.29) is 41.9 Å². The van der Waals surface area contributed by atoms with Crippen LogP contribution in [-0.4, -0.2) is 34.9 Å². The first-order valence-electron chi connectivity index (χ1n) is 5.23. The van der Waals surface area contributed by atoms with Gasteiger partial charge in [0.1, 0.15) is 0 Å². The number of imide groups is 1. The van der Waals surface area contributed by atoms with Crippen LogP contribution in [0.15, 0.2) is 12.2 Å². The normalized spacial score (nSPS) is 28.4. The lowest BCUT2D eigenvalue weighted by Crippen LogP contribution is -2.36. The number of halogens is 1. The number of hydrogen-bond donors (Lipinski definition) is 0. The highest BCUT2D eigenvalue weighted by Crippen LogP contribution is 2.34. The summed E-state index contributed by atoms with van der Waals surface area (Å²) in [7, 11) is 0. The number of carbonyl (C=O) groups is 3. The van der Waals surface area contributed by atoms with Crippen LogP contribution in [0, 0.1) is 11.8 Å². The fourth-order valence-corrected chi connectivity index (χ4v) is 2.33. The van der Waals surface area contributed by atoms with Crippen LogP contribution in [0.2, 0.25) is 0 Å². The molecule has 4 nitrogen and oxygen atoms in total. The molecular weight excluding hydrogens is 230 g/mol. The second kappa shape index (κ2) is 4.37. The number of ketones is 1. The van der Waals surface area contributed by atoms with Crippen LogP contribution in [0.3, 0.4) is 0 Å². The minimum atomic E-state index is -0.296. The van der Waals surface area contributed by atoms with Gasteiger partial charge in [0, 0.05) is 0 Å². The van der Waals surface area contributed by atoms with Gasteiger partial charge in [-0.15, -0.1) is 11.6 Å². The first-order chi connectivity index (χ1) is 7.65. The van der Waals surface area contributed by atoms with Crippen LogP contribution in [0.5, 0.6) is 0 Å². The third-order valence-corrected chi connectivity index (χ3v) is 3.38. The Kier molecular flexibility index (Phi) is 3.10. The van der Waals surface area contributed by atoms with Gasteiger partial charge < -0.3 is 0 Å². The molecule has 0 N–H and O–H groups in total. The SMILES string of the molecule is O=C(CCl)CN1C(=O)C2CC=CCC2C1=O. The van der Waals surface area contributed by atoms with E-state index in [0.717, 1.165) is 4.90 Å². The summed E-state index contributed by atoms with van der Waals surface area (Å²) in [5.74, 6) is -1.43. The quantitative estimate of drug-likeness (QED) is 0.416. The molecule has 0 aromatic rings. The number of likely N-dealkylation sites (tertiary alicyclic amines) is 1. The standard InChI is InChI=1S/C11H12ClNO3/c12-5-7(14)6-13-10(15)8-3-1-2-4-9(8)11(13)16/h1-2,8-9H,3-6H2. The summed E-state index contributed by atoms with van der Waals surface area (Å²) < 4.78 is 0. The van der Waals surface area contributed by atoms with Gasteiger partial charge in [0.2, 0.25) is 11.8 Å². The molecule has 0 saturated carbocycles. The molecule has 86 valence electrons. The number of fused-ring (bicyclic) bond motifs is 1. The molecule has 2 atom stereocenters. The zero-order valence-electron chi connectivity index (χ0n) is 8.69. The van der Waals surface area contributed by atoms with Gasteiger partial charge in [0.25, 0.3) is 0 Å². The molecule has 16 heavy (non-hydrogen) atoms. The van der Waals surface area contributed by atoms with Crippen molar-refractivity contribution in [2.24, 2.45) is 11.8 Å². The number of allylic oxidation sites excluding steroid dienone is 2. The van der Waals surface area contributed by atoms with Crippen molar-refractivity contribution in [2.45, 2.75) is 12.8 Å². The molecule has 2 amide bonds. The predicted octanol–water partition coefficient (Wildman–Crippen LogP) is 0.746. The van der Waals surface area contributed by atoms with E-state index in [1.807, 2.05) is 12.2 Å². The van der Waals surface area contributed by atoms with E-state index in [9.17, 15) is 14.4 Å². The molecule has 0 bridgehead atoms. The second-order valence-corrected chi connectivity index (χ2v) is 4.36. The van der Waals surface area contributed by atoms with Crippen LogP contribution < -0.4 is 0 Å². The van der Waals surface area contributed by atoms with Gasteiger partial charge in [0.15, 0.2) is 5.78 Å². The predicted molar refractivity (Wildman–Crippen MR) is 57.8 cm³/mol. The lowest BCUT2D eigenvalue weighted by atomic mass is 9.85. The fraction of sp³-hybridized carbons (Fsp3) is 0.545. The maximum atomic E-state index is 11.9. The van der Waals surface area contributed by atoms with Crippen molar-refractivity contribution in [3.05, 3.63) is 12.2 Å². The molecule has 2 rings (SSSR count). The molecule has 0 aromatic carbocycles. The molecule has 2 unspecified atom stereocenters. The summed E-state index contributed by atoms with van der Waals surface area (Å²) in [6, 6.07) is 0. The van der Waals surface area contributed by atoms with Crippen molar-refractivity contribution in [1.29, 1.82) is 0 Å². The summed E-state index contributed by atoms with van der Waals surface area (Å²) in [6.45, 7) is -0.172. The zero-order chi connectivity index (χ0) is 11.7. The van der Waals surface area contributed by atoms with E-state index in [1.54, 1.807) is 0 Å². The zero-order valence-corrected chi connectivity index (χ0v) is 9.44. The van der Waals surface area contributed by atoms with E-state index in [2.05, 4.69) is 0 Å². The Labute approximate surface area is 98.2 Å². The molecule has 1 saturated heterocycles. The Balaban J connectivity index is 2.14. The van der Waals surface area contributed by atoms with Gasteiger partial charge in [-0.1, -0.05) is 12.2 Å². The van der Waals surface area contributed by atoms with E-state index < -0.39 is 0 Å². The van der Waals surface area contributed by atoms with Gasteiger partial charge in [-0.3, -0.25) is 19.3 Å². The highest BCUT2D eigenvalue weighted by Gasteiger charge is 2.47. The third-order valence-electron chi connectivity index (χ3n) is 3.08. The Bertz CT molecular complexity index is 351. The first kappa shape index (κ1) is 11.3. The number of Topliss-reactive ketones (excluding diaryl/α,β-unsaturated/α-hetero) is 1. The highest BCUT2D eigenvalue weighted by atomic mass is 35.5. The summed E-state index contributed by atoms with van der Waals surface area (Å²) >= 11 is 5.37. The third kappa shape index (κ3) is 1.78. The molecular formula is C11H12ClNO3. The van der Waals surface area contributed by atoms with Gasteiger partial charge in [-0.05, 0) is 12.8 Å². The highest BCUT2D eigenvalue weighted by molar-refractivity contribution is 6.28. The van der Waals surface area contributed by atoms with Crippen LogP contribution in [0.1, 0.15) is 12.8 Å². The molecule has 5 heteroatoms. The largest absolute Gasteiger partial charge is 0.296 e. The van der Waals surface area contributed by atoms with E-state index in [0.29, 0.717) is 12.8 Å². The first-order valence-corrected chi connectivity index (χ1v) is 5.76. The lowest BCUT2D eigenvalue weighted by Gasteiger charge is -2.14. The summed E-state index contributed by atoms with van der Waals surface area (Å²) in [4.78, 5) is 36.0. The summed E-state index contributed by atoms with van der Waals surface area (Å²) in [6.07, 6.45) is 5.03. The lowest BCUT2D eigenvalue weighted by molar-refractivity contribution is -0.142. The van der Waals surface area contributed by atoms with E-state index in [4.69, 9.17) is 11.6 Å². The Morgan fingerprint density at radius 1 is 1.25 bits per heavy atom. The molecule has 0 spiro atoms. The molecule has 1 fully saturated rings. The molecule has 1 heterocycles. The average Bonchev–Trinajstić information content (AvgIpc) is 2.55. The Morgan fingerprint density at radius 2 is 1.75 bits per heavy atom. The summed E-state index contributed by atoms with van der Waals surface area (Å²) in [5.41, 5.74) is 0. The number of rotatable bonds is 3. The Hall–Kier alpha value is -1.16. The Morgan fingerprint density at radius 3 is 2.19 bits per heavy atom. The molecule has 1 aliphatic carbocycles. The average molecular weight is 242 g/mol. The van der Waals surface area contributed by atoms with Crippen LogP contribution in [0.4, 0.5) is 0 Å². The second-order valence-electron chi connectivity index (χ2n) is 4.09. The molecule has 0 aromatic heterocycles. The maximum Gasteiger partial charge on any atom is 0.233 e. The van der Waals surface area contributed by atoms with Crippen molar-refractivity contribution < 1.29 is 14.4 Å². The summed E-state index contributed by atoms with van der Waals surface area (Å²) in [5, 5.41) is 0. The number of amides is 2. The minimum Gasteiger partial charge on any atom is -0.296 e. The van der Waals surface area contributed by atoms with Gasteiger partial charge >= 0.3 is 0 Å². The van der Waals surface area contributed by atoms with Crippen LogP contribution in [-0.2, 0) is 14.4 Å². The smallest absolute Gasteiger partial charge is 0.233 e. The van der Waals surface area contributed by atoms with Crippen molar-refractivity contribution in [2.75, 3.05) is 12.4 Å². The van der Waals surface area contributed by atoms with E-state index >= 15 is 0 Å². The van der Waals surface area contributed by atoms with Crippen LogP contribution in [0.25, 0.3) is 0 Å². The van der Waals surface area contributed by atoms with Crippen LogP contribution >= 0.6 is 11.6 Å². The molecule has 0 radical (unpaired) electrons. The molecule has 2 aliphatic rings. The van der Waals surface area contributed by atoms with E-state index in [1.165, 1.54) is 0 Å². The minimum absolute atomic E-state index is 0.162. The number of alkyl halides is 1. The van der Waals surface area contributed by atoms with Gasteiger partial charge in [-0.2, -0.15) is 0 Å².